The smallest absolute Gasteiger partial charge is 0.330 e. The third-order valence-corrected chi connectivity index (χ3v) is 6.32. The van der Waals surface area contributed by atoms with Crippen molar-refractivity contribution in [1.82, 2.24) is 0 Å². The molecule has 154 valence electrons. The maximum absolute atomic E-state index is 13.9. The minimum Gasteiger partial charge on any atom is -0.376 e. The normalized spacial score (nSPS) is 19.4. The molecule has 0 saturated carbocycles. The molecule has 0 N–H and O–H groups in total. The van der Waals surface area contributed by atoms with Gasteiger partial charge in [0.2, 0.25) is 0 Å². The molecule has 2 heterocycles. The summed E-state index contributed by atoms with van der Waals surface area (Å²) in [6.07, 6.45) is 0. The lowest BCUT2D eigenvalue weighted by Gasteiger charge is -2.47. The van der Waals surface area contributed by atoms with E-state index < -0.39 is 5.54 Å². The number of benzene rings is 3. The second kappa shape index (κ2) is 7.58. The molecule has 7 heteroatoms. The minimum atomic E-state index is -0.606. The predicted molar refractivity (Wildman–Crippen MR) is 122 cm³/mol. The average Bonchev–Trinajstić information content (AvgIpc) is 3.04. The molecule has 1 spiro atoms. The fourth-order valence-electron chi connectivity index (χ4n) is 4.41. The summed E-state index contributed by atoms with van der Waals surface area (Å²) in [5.74, 6) is 0. The molecule has 2 saturated heterocycles. The van der Waals surface area contributed by atoms with E-state index in [1.807, 2.05) is 42.5 Å². The average molecular weight is 450 g/mol. The van der Waals surface area contributed by atoms with Crippen molar-refractivity contribution in [2.45, 2.75) is 11.6 Å². The van der Waals surface area contributed by atoms with Gasteiger partial charge >= 0.3 is 6.03 Å². The molecule has 2 fully saturated rings. The Labute approximate surface area is 190 Å². The molecule has 2 amide bonds. The highest BCUT2D eigenvalue weighted by Crippen LogP contribution is 2.51. The van der Waals surface area contributed by atoms with Crippen molar-refractivity contribution in [3.63, 3.8) is 0 Å². The topological polar surface area (TPSA) is 37.1 Å². The van der Waals surface area contributed by atoms with Crippen LogP contribution in [0.5, 0.6) is 0 Å². The minimum absolute atomic E-state index is 0.161. The van der Waals surface area contributed by atoms with Crippen LogP contribution in [0.1, 0.15) is 11.6 Å². The van der Waals surface area contributed by atoms with E-state index in [2.05, 4.69) is 4.85 Å². The van der Waals surface area contributed by atoms with Gasteiger partial charge < -0.3 is 4.74 Å². The molecule has 0 aromatic heterocycles. The molecular formula is C24H17Cl2N3O2. The molecular weight excluding hydrogens is 433 g/mol. The van der Waals surface area contributed by atoms with Gasteiger partial charge in [-0.3, -0.25) is 9.80 Å². The SMILES string of the molecule is [C-]#[N+]c1cccc(C2N(c3ccc(Cl)cc3)C(=O)N(c3ccc(Cl)cc3)C23COC3)c1. The van der Waals surface area contributed by atoms with Gasteiger partial charge in [-0.1, -0.05) is 47.5 Å². The molecule has 0 aliphatic carbocycles. The number of nitrogens with zero attached hydrogens (tertiary/aromatic N) is 3. The molecule has 0 bridgehead atoms. The standard InChI is InChI=1S/C24H17Cl2N3O2/c1-27-19-4-2-3-16(13-19)22-24(14-31-15-24)29(21-11-7-18(26)8-12-21)23(30)28(22)20-9-5-17(25)6-10-20/h2-13,22H,14-15H2. The Hall–Kier alpha value is -3.04. The molecule has 5 rings (SSSR count). The first kappa shape index (κ1) is 19.9. The molecule has 2 aliphatic rings. The summed E-state index contributed by atoms with van der Waals surface area (Å²) in [6.45, 7) is 8.20. The van der Waals surface area contributed by atoms with E-state index in [4.69, 9.17) is 34.5 Å². The Morgan fingerprint density at radius 2 is 1.55 bits per heavy atom. The third kappa shape index (κ3) is 3.16. The van der Waals surface area contributed by atoms with Gasteiger partial charge in [0, 0.05) is 21.4 Å². The quantitative estimate of drug-likeness (QED) is 0.427. The number of urea groups is 1. The molecule has 3 aromatic rings. The zero-order valence-corrected chi connectivity index (χ0v) is 17.8. The van der Waals surface area contributed by atoms with Crippen LogP contribution < -0.4 is 9.80 Å². The van der Waals surface area contributed by atoms with Crippen molar-refractivity contribution in [2.75, 3.05) is 23.0 Å². The predicted octanol–water partition coefficient (Wildman–Crippen LogP) is 6.50. The molecule has 1 unspecified atom stereocenters. The van der Waals surface area contributed by atoms with Gasteiger partial charge in [0.25, 0.3) is 0 Å². The fourth-order valence-corrected chi connectivity index (χ4v) is 4.66. The van der Waals surface area contributed by atoms with E-state index >= 15 is 0 Å². The van der Waals surface area contributed by atoms with Crippen LogP contribution >= 0.6 is 23.2 Å². The Kier molecular flexibility index (Phi) is 4.86. The highest BCUT2D eigenvalue weighted by Gasteiger charge is 2.62. The van der Waals surface area contributed by atoms with Crippen LogP contribution in [-0.2, 0) is 4.74 Å². The van der Waals surface area contributed by atoms with Crippen LogP contribution in [0.25, 0.3) is 4.85 Å². The Bertz CT molecular complexity index is 1180. The van der Waals surface area contributed by atoms with Gasteiger partial charge in [-0.25, -0.2) is 9.64 Å². The fraction of sp³-hybridized carbons (Fsp3) is 0.167. The number of carbonyl (C=O) groups is 1. The largest absolute Gasteiger partial charge is 0.376 e. The van der Waals surface area contributed by atoms with Crippen LogP contribution in [-0.4, -0.2) is 24.8 Å². The molecule has 1 atom stereocenters. The van der Waals surface area contributed by atoms with Crippen LogP contribution in [0.2, 0.25) is 10.0 Å². The van der Waals surface area contributed by atoms with Gasteiger partial charge in [-0.05, 0) is 54.1 Å². The van der Waals surface area contributed by atoms with Crippen molar-refractivity contribution >= 4 is 46.3 Å². The van der Waals surface area contributed by atoms with Crippen LogP contribution in [0.4, 0.5) is 21.9 Å². The molecule has 31 heavy (non-hydrogen) atoms. The van der Waals surface area contributed by atoms with Crippen LogP contribution in [0.3, 0.4) is 0 Å². The summed E-state index contributed by atoms with van der Waals surface area (Å²) in [6, 6.07) is 21.4. The highest BCUT2D eigenvalue weighted by atomic mass is 35.5. The van der Waals surface area contributed by atoms with Gasteiger partial charge in [0.15, 0.2) is 5.69 Å². The number of ether oxygens (including phenoxy) is 1. The summed E-state index contributed by atoms with van der Waals surface area (Å²) >= 11 is 12.2. The second-order valence-electron chi connectivity index (χ2n) is 7.65. The monoisotopic (exact) mass is 449 g/mol. The summed E-state index contributed by atoms with van der Waals surface area (Å²) < 4.78 is 5.67. The number of halogens is 2. The first-order chi connectivity index (χ1) is 15.0. The number of rotatable bonds is 3. The Morgan fingerprint density at radius 1 is 0.935 bits per heavy atom. The van der Waals surface area contributed by atoms with Gasteiger partial charge in [0.1, 0.15) is 5.54 Å². The molecule has 0 radical (unpaired) electrons. The summed E-state index contributed by atoms with van der Waals surface area (Å²) in [5.41, 5.74) is 2.29. The number of carbonyl (C=O) groups excluding carboxylic acids is 1. The number of anilines is 2. The van der Waals surface area contributed by atoms with E-state index in [0.717, 1.165) is 16.9 Å². The molecule has 3 aromatic carbocycles. The zero-order chi connectivity index (χ0) is 21.6. The van der Waals surface area contributed by atoms with Crippen molar-refractivity contribution in [3.05, 3.63) is 99.8 Å². The summed E-state index contributed by atoms with van der Waals surface area (Å²) in [5, 5.41) is 1.20. The summed E-state index contributed by atoms with van der Waals surface area (Å²) in [4.78, 5) is 21.0. The third-order valence-electron chi connectivity index (χ3n) is 5.82. The van der Waals surface area contributed by atoms with Crippen LogP contribution in [0, 0.1) is 6.57 Å². The molecule has 2 aliphatic heterocycles. The van der Waals surface area contributed by atoms with Gasteiger partial charge in [-0.15, -0.1) is 0 Å². The number of hydrogen-bond donors (Lipinski definition) is 0. The van der Waals surface area contributed by atoms with E-state index in [1.54, 1.807) is 40.1 Å². The number of amides is 2. The first-order valence-electron chi connectivity index (χ1n) is 9.73. The zero-order valence-electron chi connectivity index (χ0n) is 16.3. The molecule has 5 nitrogen and oxygen atoms in total. The van der Waals surface area contributed by atoms with Gasteiger partial charge in [-0.2, -0.15) is 0 Å². The van der Waals surface area contributed by atoms with Crippen LogP contribution in [0.15, 0.2) is 72.8 Å². The lowest BCUT2D eigenvalue weighted by molar-refractivity contribution is -0.0579. The first-order valence-corrected chi connectivity index (χ1v) is 10.5. The highest BCUT2D eigenvalue weighted by molar-refractivity contribution is 6.31. The van der Waals surface area contributed by atoms with Crippen molar-refractivity contribution in [1.29, 1.82) is 0 Å². The summed E-state index contributed by atoms with van der Waals surface area (Å²) in [7, 11) is 0. The van der Waals surface area contributed by atoms with E-state index in [1.165, 1.54) is 0 Å². The Morgan fingerprint density at radius 3 is 2.10 bits per heavy atom. The van der Waals surface area contributed by atoms with Crippen molar-refractivity contribution in [3.8, 4) is 0 Å². The van der Waals surface area contributed by atoms with Crippen molar-refractivity contribution < 1.29 is 9.53 Å². The maximum atomic E-state index is 13.9. The maximum Gasteiger partial charge on any atom is 0.330 e. The Balaban J connectivity index is 1.71. The lowest BCUT2D eigenvalue weighted by atomic mass is 9.82. The number of hydrogen-bond acceptors (Lipinski definition) is 2. The van der Waals surface area contributed by atoms with E-state index in [0.29, 0.717) is 28.9 Å². The van der Waals surface area contributed by atoms with E-state index in [-0.39, 0.29) is 12.1 Å². The van der Waals surface area contributed by atoms with E-state index in [9.17, 15) is 4.79 Å². The van der Waals surface area contributed by atoms with Crippen molar-refractivity contribution in [2.24, 2.45) is 0 Å². The lowest BCUT2D eigenvalue weighted by Crippen LogP contribution is -2.62. The van der Waals surface area contributed by atoms with Gasteiger partial charge in [0.05, 0.1) is 25.8 Å². The second-order valence-corrected chi connectivity index (χ2v) is 8.52.